The number of aryl methyl sites for hydroxylation is 1. The van der Waals surface area contributed by atoms with E-state index in [1.54, 1.807) is 21.5 Å². The Labute approximate surface area is 433 Å². The molecule has 4 heteroatoms. The molecule has 0 saturated carbocycles. The van der Waals surface area contributed by atoms with Crippen molar-refractivity contribution in [3.63, 3.8) is 0 Å². The smallest absolute Gasteiger partial charge is 0.253 e. The summed E-state index contributed by atoms with van der Waals surface area (Å²) in [7, 11) is 0. The van der Waals surface area contributed by atoms with Gasteiger partial charge < -0.3 is 9.80 Å². The van der Waals surface area contributed by atoms with E-state index in [4.69, 9.17) is 0 Å². The number of hydrogen-bond acceptors (Lipinski definition) is 3. The molecule has 6 aliphatic rings. The molecule has 2 aliphatic heterocycles. The highest BCUT2D eigenvalue weighted by Gasteiger charge is 2.53. The lowest BCUT2D eigenvalue weighted by atomic mass is 9.32. The van der Waals surface area contributed by atoms with Gasteiger partial charge >= 0.3 is 0 Å². The molecular formula is C67H81BN2S. The summed E-state index contributed by atoms with van der Waals surface area (Å²) >= 11 is 2.13. The van der Waals surface area contributed by atoms with Gasteiger partial charge in [0.2, 0.25) is 0 Å². The molecule has 4 aliphatic carbocycles. The van der Waals surface area contributed by atoms with Crippen LogP contribution in [-0.2, 0) is 43.3 Å². The number of hydrogen-bond donors (Lipinski definition) is 0. The summed E-state index contributed by atoms with van der Waals surface area (Å²) in [4.78, 5) is 7.20. The fourth-order valence-corrected chi connectivity index (χ4v) is 16.6. The van der Waals surface area contributed by atoms with Crippen LogP contribution in [0.3, 0.4) is 0 Å². The molecule has 5 aromatic carbocycles. The van der Waals surface area contributed by atoms with Crippen LogP contribution in [-0.4, -0.2) is 6.71 Å². The van der Waals surface area contributed by atoms with Gasteiger partial charge in [-0.3, -0.25) is 0 Å². The number of fused-ring (bicyclic) bond motifs is 9. The zero-order valence-corrected chi connectivity index (χ0v) is 47.4. The summed E-state index contributed by atoms with van der Waals surface area (Å²) in [6, 6.07) is 35.0. The lowest BCUT2D eigenvalue weighted by Crippen LogP contribution is -2.63. The van der Waals surface area contributed by atoms with Crippen molar-refractivity contribution in [3.05, 3.63) is 134 Å². The monoisotopic (exact) mass is 957 g/mol. The first-order valence-corrected chi connectivity index (χ1v) is 28.4. The Morgan fingerprint density at radius 2 is 0.859 bits per heavy atom. The van der Waals surface area contributed by atoms with Gasteiger partial charge in [-0.1, -0.05) is 159 Å². The Morgan fingerprint density at radius 1 is 0.394 bits per heavy atom. The van der Waals surface area contributed by atoms with Gasteiger partial charge in [-0.25, -0.2) is 0 Å². The molecule has 2 nitrogen and oxygen atoms in total. The maximum atomic E-state index is 2.80. The fourth-order valence-electron chi connectivity index (χ4n) is 14.9. The molecule has 6 aromatic rings. The lowest BCUT2D eigenvalue weighted by Gasteiger charge is -2.49. The Balaban J connectivity index is 1.26. The molecule has 71 heavy (non-hydrogen) atoms. The van der Waals surface area contributed by atoms with Crippen LogP contribution in [0, 0.1) is 6.92 Å². The number of rotatable bonds is 3. The van der Waals surface area contributed by atoms with Crippen LogP contribution in [0.5, 0.6) is 0 Å². The quantitative estimate of drug-likeness (QED) is 0.163. The van der Waals surface area contributed by atoms with Crippen LogP contribution < -0.4 is 26.2 Å². The summed E-state index contributed by atoms with van der Waals surface area (Å²) < 4.78 is 0. The molecule has 0 saturated heterocycles. The van der Waals surface area contributed by atoms with E-state index in [0.29, 0.717) is 0 Å². The predicted molar refractivity (Wildman–Crippen MR) is 310 cm³/mol. The fraction of sp³-hybridized carbons (Fsp3) is 0.493. The van der Waals surface area contributed by atoms with Gasteiger partial charge in [0.15, 0.2) is 0 Å². The van der Waals surface area contributed by atoms with E-state index in [1.165, 1.54) is 140 Å². The lowest BCUT2D eigenvalue weighted by molar-refractivity contribution is 0.331. The molecule has 0 atom stereocenters. The summed E-state index contributed by atoms with van der Waals surface area (Å²) in [6.07, 6.45) is 9.55. The molecule has 0 radical (unpaired) electrons. The molecule has 0 unspecified atom stereocenters. The Bertz CT molecular complexity index is 3240. The third-order valence-electron chi connectivity index (χ3n) is 20.2. The maximum Gasteiger partial charge on any atom is 0.253 e. The third kappa shape index (κ3) is 6.83. The zero-order valence-electron chi connectivity index (χ0n) is 46.6. The number of anilines is 6. The molecule has 0 N–H and O–H groups in total. The largest absolute Gasteiger partial charge is 0.311 e. The van der Waals surface area contributed by atoms with E-state index in [-0.39, 0.29) is 50.0 Å². The molecule has 368 valence electrons. The first kappa shape index (κ1) is 47.5. The average Bonchev–Trinajstić information content (AvgIpc) is 3.73. The van der Waals surface area contributed by atoms with E-state index >= 15 is 0 Å². The van der Waals surface area contributed by atoms with E-state index in [9.17, 15) is 0 Å². The van der Waals surface area contributed by atoms with Crippen molar-refractivity contribution in [3.8, 4) is 11.1 Å². The predicted octanol–water partition coefficient (Wildman–Crippen LogP) is 17.2. The third-order valence-corrected chi connectivity index (χ3v) is 21.7. The van der Waals surface area contributed by atoms with Crippen LogP contribution in [0.1, 0.15) is 212 Å². The van der Waals surface area contributed by atoms with Gasteiger partial charge in [-0.05, 0) is 210 Å². The second-order valence-corrected chi connectivity index (χ2v) is 29.9. The summed E-state index contributed by atoms with van der Waals surface area (Å²) in [5, 5.41) is 1.44. The highest BCUT2D eigenvalue weighted by atomic mass is 32.1. The number of benzene rings is 5. The molecule has 3 heterocycles. The summed E-state index contributed by atoms with van der Waals surface area (Å²) in [5.74, 6) is 0. The van der Waals surface area contributed by atoms with Crippen LogP contribution in [0.15, 0.2) is 84.9 Å². The van der Waals surface area contributed by atoms with Crippen LogP contribution in [0.2, 0.25) is 0 Å². The standard InChI is InChI=1S/C67H81BN2S/c1-40-33-45-48(64(10,11)29-27-61(45,4)5)38-51(40)70-52-39-49-47(63(8,9)28-30-65(49,12)13)37-50(52)68-56-53(34-42(35-54(56)70)41-21-19-18-20-22-41)69(43-23-24-44-46(36-43)62(6,7)26-25-60(44,2)3)59-57(68)55-58(71-59)67(16,17)32-31-66(55,14)15/h18-24,33-39H,25-32H2,1-17H3. The zero-order chi connectivity index (χ0) is 50.5. The molecular weight excluding hydrogens is 876 g/mol. The van der Waals surface area contributed by atoms with Gasteiger partial charge in [0.1, 0.15) is 0 Å². The Kier molecular flexibility index (Phi) is 9.91. The first-order chi connectivity index (χ1) is 33.0. The average molecular weight is 957 g/mol. The van der Waals surface area contributed by atoms with E-state index in [1.807, 2.05) is 0 Å². The first-order valence-electron chi connectivity index (χ1n) is 27.6. The molecule has 1 aromatic heterocycles. The van der Waals surface area contributed by atoms with Crippen LogP contribution >= 0.6 is 11.3 Å². The summed E-state index contributed by atoms with van der Waals surface area (Å²) in [5.41, 5.74) is 26.5. The van der Waals surface area contributed by atoms with Crippen molar-refractivity contribution in [2.75, 3.05) is 9.80 Å². The topological polar surface area (TPSA) is 6.48 Å². The Morgan fingerprint density at radius 3 is 1.44 bits per heavy atom. The van der Waals surface area contributed by atoms with Gasteiger partial charge in [0, 0.05) is 33.3 Å². The highest BCUT2D eigenvalue weighted by Crippen LogP contribution is 2.58. The minimum Gasteiger partial charge on any atom is -0.311 e. The van der Waals surface area contributed by atoms with Crippen LogP contribution in [0.4, 0.5) is 33.4 Å². The minimum absolute atomic E-state index is 0.0182. The summed E-state index contributed by atoms with van der Waals surface area (Å²) in [6.45, 7) is 42.7. The van der Waals surface area contributed by atoms with E-state index in [0.717, 1.165) is 0 Å². The highest BCUT2D eigenvalue weighted by molar-refractivity contribution is 7.20. The maximum absolute atomic E-state index is 2.80. The number of thiophene rings is 1. The van der Waals surface area contributed by atoms with Crippen LogP contribution in [0.25, 0.3) is 11.1 Å². The van der Waals surface area contributed by atoms with E-state index < -0.39 is 0 Å². The normalized spacial score (nSPS) is 22.5. The van der Waals surface area contributed by atoms with Gasteiger partial charge in [0.25, 0.3) is 6.71 Å². The molecule has 0 bridgehead atoms. The minimum atomic E-state index is 0.0182. The Hall–Kier alpha value is -4.54. The SMILES string of the molecule is Cc1cc2c(cc1N1c3cc4c(cc3B3c5c1cc(-c1ccccc1)cc5N(c1ccc5c(c1)C(C)(C)CCC5(C)C)c1sc5c(c13)C(C)(C)CCC5(C)C)C(C)(C)CCC4(C)C)C(C)(C)CCC2(C)C. The molecule has 0 amide bonds. The van der Waals surface area contributed by atoms with Crippen molar-refractivity contribution in [2.45, 2.75) is 212 Å². The second kappa shape index (κ2) is 14.8. The molecule has 0 fully saturated rings. The van der Waals surface area contributed by atoms with Gasteiger partial charge in [0.05, 0.1) is 5.00 Å². The molecule has 12 rings (SSSR count). The number of nitrogens with zero attached hydrogens (tertiary/aromatic N) is 2. The van der Waals surface area contributed by atoms with Crippen molar-refractivity contribution in [1.82, 2.24) is 0 Å². The van der Waals surface area contributed by atoms with Crippen molar-refractivity contribution >= 4 is 67.9 Å². The van der Waals surface area contributed by atoms with Crippen molar-refractivity contribution in [1.29, 1.82) is 0 Å². The van der Waals surface area contributed by atoms with E-state index in [2.05, 4.69) is 224 Å². The van der Waals surface area contributed by atoms with Crippen molar-refractivity contribution < 1.29 is 0 Å². The van der Waals surface area contributed by atoms with Crippen molar-refractivity contribution in [2.24, 2.45) is 0 Å². The second-order valence-electron chi connectivity index (χ2n) is 28.9. The van der Waals surface area contributed by atoms with Gasteiger partial charge in [-0.15, -0.1) is 11.3 Å². The molecule has 0 spiro atoms. The van der Waals surface area contributed by atoms with Gasteiger partial charge in [-0.2, -0.15) is 0 Å².